The van der Waals surface area contributed by atoms with Gasteiger partial charge in [-0.3, -0.25) is 0 Å². The largest absolute Gasteiger partial charge is 0.380 e. The van der Waals surface area contributed by atoms with Crippen molar-refractivity contribution < 1.29 is 4.74 Å². The van der Waals surface area contributed by atoms with Crippen molar-refractivity contribution in [1.82, 2.24) is 0 Å². The third-order valence-electron chi connectivity index (χ3n) is 1.75. The van der Waals surface area contributed by atoms with Crippen molar-refractivity contribution >= 4 is 22.6 Å². The second kappa shape index (κ2) is 4.82. The SMILES string of the molecule is COCc1ccc(C(C)I)cc1. The highest BCUT2D eigenvalue weighted by Crippen LogP contribution is 2.22. The van der Waals surface area contributed by atoms with Gasteiger partial charge in [-0.1, -0.05) is 46.9 Å². The molecule has 0 saturated carbocycles. The Labute approximate surface area is 87.3 Å². The van der Waals surface area contributed by atoms with Crippen LogP contribution >= 0.6 is 22.6 Å². The molecule has 0 saturated heterocycles. The van der Waals surface area contributed by atoms with Gasteiger partial charge in [0, 0.05) is 11.0 Å². The minimum Gasteiger partial charge on any atom is -0.380 e. The molecule has 1 unspecified atom stereocenters. The summed E-state index contributed by atoms with van der Waals surface area (Å²) in [6.45, 7) is 2.89. The molecule has 1 nitrogen and oxygen atoms in total. The second-order valence-corrected chi connectivity index (χ2v) is 4.66. The van der Waals surface area contributed by atoms with Crippen LogP contribution in [-0.4, -0.2) is 7.11 Å². The topological polar surface area (TPSA) is 9.23 Å². The number of methoxy groups -OCH3 is 1. The number of hydrogen-bond acceptors (Lipinski definition) is 1. The normalized spacial score (nSPS) is 12.9. The Hall–Kier alpha value is -0.0900. The molecule has 0 N–H and O–H groups in total. The third-order valence-corrected chi connectivity index (χ3v) is 2.47. The van der Waals surface area contributed by atoms with Crippen molar-refractivity contribution in [2.45, 2.75) is 17.5 Å². The molecular weight excluding hydrogens is 263 g/mol. The smallest absolute Gasteiger partial charge is 0.0713 e. The molecule has 0 aliphatic rings. The third kappa shape index (κ3) is 2.75. The molecule has 2 heteroatoms. The van der Waals surface area contributed by atoms with Gasteiger partial charge in [0.15, 0.2) is 0 Å². The van der Waals surface area contributed by atoms with Crippen LogP contribution in [0.25, 0.3) is 0 Å². The van der Waals surface area contributed by atoms with Gasteiger partial charge in [-0.2, -0.15) is 0 Å². The van der Waals surface area contributed by atoms with E-state index in [9.17, 15) is 0 Å². The van der Waals surface area contributed by atoms with E-state index in [4.69, 9.17) is 4.74 Å². The van der Waals surface area contributed by atoms with E-state index < -0.39 is 0 Å². The van der Waals surface area contributed by atoms with Crippen molar-refractivity contribution in [3.8, 4) is 0 Å². The molecule has 0 bridgehead atoms. The maximum Gasteiger partial charge on any atom is 0.0713 e. The van der Waals surface area contributed by atoms with Crippen molar-refractivity contribution in [1.29, 1.82) is 0 Å². The van der Waals surface area contributed by atoms with E-state index in [0.717, 1.165) is 0 Å². The molecule has 1 aromatic rings. The Morgan fingerprint density at radius 2 is 1.92 bits per heavy atom. The van der Waals surface area contributed by atoms with Crippen LogP contribution in [0.5, 0.6) is 0 Å². The number of ether oxygens (including phenoxy) is 1. The summed E-state index contributed by atoms with van der Waals surface area (Å²) in [7, 11) is 1.72. The van der Waals surface area contributed by atoms with E-state index in [2.05, 4.69) is 53.8 Å². The first kappa shape index (κ1) is 9.99. The van der Waals surface area contributed by atoms with Crippen LogP contribution < -0.4 is 0 Å². The summed E-state index contributed by atoms with van der Waals surface area (Å²) in [4.78, 5) is 0. The minimum atomic E-state index is 0.583. The molecular formula is C10H13IO. The maximum atomic E-state index is 5.03. The average molecular weight is 276 g/mol. The summed E-state index contributed by atoms with van der Waals surface area (Å²) in [5, 5.41) is 0. The molecule has 0 fully saturated rings. The van der Waals surface area contributed by atoms with E-state index in [-0.39, 0.29) is 0 Å². The molecule has 1 aromatic carbocycles. The summed E-state index contributed by atoms with van der Waals surface area (Å²) < 4.78 is 5.61. The lowest BCUT2D eigenvalue weighted by molar-refractivity contribution is 0.185. The Morgan fingerprint density at radius 1 is 1.33 bits per heavy atom. The monoisotopic (exact) mass is 276 g/mol. The van der Waals surface area contributed by atoms with Crippen LogP contribution in [0.4, 0.5) is 0 Å². The van der Waals surface area contributed by atoms with Crippen LogP contribution in [0.1, 0.15) is 22.0 Å². The predicted octanol–water partition coefficient (Wildman–Crippen LogP) is 3.33. The second-order valence-electron chi connectivity index (χ2n) is 2.79. The zero-order valence-electron chi connectivity index (χ0n) is 7.38. The van der Waals surface area contributed by atoms with E-state index in [0.29, 0.717) is 10.5 Å². The Balaban J connectivity index is 2.71. The molecule has 0 heterocycles. The van der Waals surface area contributed by atoms with Gasteiger partial charge in [0.25, 0.3) is 0 Å². The van der Waals surface area contributed by atoms with Gasteiger partial charge in [-0.15, -0.1) is 0 Å². The highest BCUT2D eigenvalue weighted by molar-refractivity contribution is 14.1. The molecule has 0 aliphatic carbocycles. The first-order chi connectivity index (χ1) is 5.74. The summed E-state index contributed by atoms with van der Waals surface area (Å²) in [5.41, 5.74) is 2.61. The zero-order valence-corrected chi connectivity index (χ0v) is 9.54. The van der Waals surface area contributed by atoms with Crippen LogP contribution in [0, 0.1) is 0 Å². The highest BCUT2D eigenvalue weighted by atomic mass is 127. The van der Waals surface area contributed by atoms with Gasteiger partial charge in [0.2, 0.25) is 0 Å². The Kier molecular flexibility index (Phi) is 4.01. The number of rotatable bonds is 3. The summed E-state index contributed by atoms with van der Waals surface area (Å²) in [6, 6.07) is 8.55. The lowest BCUT2D eigenvalue weighted by atomic mass is 10.1. The van der Waals surface area contributed by atoms with Gasteiger partial charge in [0.1, 0.15) is 0 Å². The summed E-state index contributed by atoms with van der Waals surface area (Å²) in [6.07, 6.45) is 0. The van der Waals surface area contributed by atoms with Gasteiger partial charge in [-0.25, -0.2) is 0 Å². The number of benzene rings is 1. The quantitative estimate of drug-likeness (QED) is 0.608. The standard InChI is InChI=1S/C10H13IO/c1-8(11)10-5-3-9(4-6-10)7-12-2/h3-6,8H,7H2,1-2H3. The van der Waals surface area contributed by atoms with Crippen LogP contribution in [-0.2, 0) is 11.3 Å². The van der Waals surface area contributed by atoms with Crippen molar-refractivity contribution in [2.24, 2.45) is 0 Å². The fourth-order valence-electron chi connectivity index (χ4n) is 1.05. The van der Waals surface area contributed by atoms with Crippen molar-refractivity contribution in [2.75, 3.05) is 7.11 Å². The predicted molar refractivity (Wildman–Crippen MR) is 59.6 cm³/mol. The molecule has 66 valence electrons. The van der Waals surface area contributed by atoms with E-state index >= 15 is 0 Å². The van der Waals surface area contributed by atoms with Crippen molar-refractivity contribution in [3.05, 3.63) is 35.4 Å². The van der Waals surface area contributed by atoms with Gasteiger partial charge < -0.3 is 4.74 Å². The fraction of sp³-hybridized carbons (Fsp3) is 0.400. The summed E-state index contributed by atoms with van der Waals surface area (Å²) >= 11 is 2.41. The number of alkyl halides is 1. The minimum absolute atomic E-state index is 0.583. The summed E-state index contributed by atoms with van der Waals surface area (Å²) in [5.74, 6) is 0. The van der Waals surface area contributed by atoms with Crippen LogP contribution in [0.3, 0.4) is 0 Å². The number of halogens is 1. The lowest BCUT2D eigenvalue weighted by Crippen LogP contribution is -1.88. The highest BCUT2D eigenvalue weighted by Gasteiger charge is 1.99. The molecule has 12 heavy (non-hydrogen) atoms. The van der Waals surface area contributed by atoms with Gasteiger partial charge in [-0.05, 0) is 18.1 Å². The number of hydrogen-bond donors (Lipinski definition) is 0. The molecule has 0 spiro atoms. The lowest BCUT2D eigenvalue weighted by Gasteiger charge is -2.04. The zero-order chi connectivity index (χ0) is 8.97. The molecule has 1 atom stereocenters. The van der Waals surface area contributed by atoms with E-state index in [1.165, 1.54) is 11.1 Å². The fourth-order valence-corrected chi connectivity index (χ4v) is 1.46. The van der Waals surface area contributed by atoms with Gasteiger partial charge in [0.05, 0.1) is 6.61 Å². The molecule has 0 amide bonds. The molecule has 0 radical (unpaired) electrons. The molecule has 0 aromatic heterocycles. The Morgan fingerprint density at radius 3 is 2.33 bits per heavy atom. The molecule has 0 aliphatic heterocycles. The Bertz CT molecular complexity index is 228. The molecule has 1 rings (SSSR count). The van der Waals surface area contributed by atoms with E-state index in [1.807, 2.05) is 0 Å². The van der Waals surface area contributed by atoms with Crippen LogP contribution in [0.2, 0.25) is 0 Å². The van der Waals surface area contributed by atoms with Crippen LogP contribution in [0.15, 0.2) is 24.3 Å². The average Bonchev–Trinajstić information content (AvgIpc) is 2.06. The van der Waals surface area contributed by atoms with Gasteiger partial charge >= 0.3 is 0 Å². The maximum absolute atomic E-state index is 5.03. The van der Waals surface area contributed by atoms with E-state index in [1.54, 1.807) is 7.11 Å². The van der Waals surface area contributed by atoms with Crippen molar-refractivity contribution in [3.63, 3.8) is 0 Å². The first-order valence-electron chi connectivity index (χ1n) is 3.96. The first-order valence-corrected chi connectivity index (χ1v) is 5.20.